The Morgan fingerprint density at radius 3 is 2.70 bits per heavy atom. The molecule has 2 aliphatic rings. The highest BCUT2D eigenvalue weighted by Gasteiger charge is 2.28. The van der Waals surface area contributed by atoms with Crippen molar-refractivity contribution in [2.24, 2.45) is 7.05 Å². The molecule has 7 nitrogen and oxygen atoms in total. The number of aryl methyl sites for hydroxylation is 2. The van der Waals surface area contributed by atoms with Gasteiger partial charge in [-0.1, -0.05) is 12.8 Å². The molecule has 140 valence electrons. The van der Waals surface area contributed by atoms with Gasteiger partial charge in [0.1, 0.15) is 5.82 Å². The molecule has 0 aliphatic heterocycles. The standard InChI is InChI=1S/C20H24N6O/c1-12-9-18(26(24-12)14-5-3-4-6-14)23-20(27)15-10-17(13-7-8-13)22-19-16(15)11-21-25(19)2/h9-11,13-14H,3-8H2,1-2H3,(H,23,27). The summed E-state index contributed by atoms with van der Waals surface area (Å²) in [6.45, 7) is 1.97. The average molecular weight is 364 g/mol. The first-order chi connectivity index (χ1) is 13.1. The van der Waals surface area contributed by atoms with E-state index in [-0.39, 0.29) is 5.91 Å². The van der Waals surface area contributed by atoms with Crippen LogP contribution in [0.4, 0.5) is 5.82 Å². The Balaban J connectivity index is 1.52. The van der Waals surface area contributed by atoms with E-state index in [1.807, 2.05) is 30.8 Å². The van der Waals surface area contributed by atoms with Crippen molar-refractivity contribution >= 4 is 22.8 Å². The van der Waals surface area contributed by atoms with Crippen molar-refractivity contribution in [1.29, 1.82) is 0 Å². The Kier molecular flexibility index (Phi) is 3.77. The van der Waals surface area contributed by atoms with Crippen molar-refractivity contribution < 1.29 is 4.79 Å². The Bertz CT molecular complexity index is 1020. The van der Waals surface area contributed by atoms with Crippen LogP contribution < -0.4 is 5.32 Å². The number of amides is 1. The third kappa shape index (κ3) is 2.91. The van der Waals surface area contributed by atoms with Gasteiger partial charge in [0.15, 0.2) is 5.65 Å². The molecule has 0 aromatic carbocycles. The highest BCUT2D eigenvalue weighted by atomic mass is 16.1. The molecule has 0 radical (unpaired) electrons. The van der Waals surface area contributed by atoms with Crippen LogP contribution in [0.2, 0.25) is 0 Å². The SMILES string of the molecule is Cc1cc(NC(=O)c2cc(C3CC3)nc3c2cnn3C)n(C2CCCC2)n1. The third-order valence-corrected chi connectivity index (χ3v) is 5.74. The lowest BCUT2D eigenvalue weighted by atomic mass is 10.1. The first kappa shape index (κ1) is 16.5. The summed E-state index contributed by atoms with van der Waals surface area (Å²) in [5, 5.41) is 12.8. The fourth-order valence-corrected chi connectivity index (χ4v) is 4.13. The third-order valence-electron chi connectivity index (χ3n) is 5.74. The second kappa shape index (κ2) is 6.18. The lowest BCUT2D eigenvalue weighted by Gasteiger charge is -2.15. The number of nitrogens with zero attached hydrogens (tertiary/aromatic N) is 5. The number of carbonyl (C=O) groups excluding carboxylic acids is 1. The smallest absolute Gasteiger partial charge is 0.257 e. The van der Waals surface area contributed by atoms with Gasteiger partial charge in [-0.15, -0.1) is 0 Å². The molecule has 2 aliphatic carbocycles. The molecule has 3 aromatic heterocycles. The Morgan fingerprint density at radius 1 is 1.19 bits per heavy atom. The van der Waals surface area contributed by atoms with E-state index in [4.69, 9.17) is 4.98 Å². The summed E-state index contributed by atoms with van der Waals surface area (Å²) in [4.78, 5) is 17.9. The van der Waals surface area contributed by atoms with E-state index in [0.717, 1.165) is 53.9 Å². The number of anilines is 1. The fourth-order valence-electron chi connectivity index (χ4n) is 4.13. The number of hydrogen-bond donors (Lipinski definition) is 1. The van der Waals surface area contributed by atoms with Gasteiger partial charge in [-0.05, 0) is 38.7 Å². The molecule has 0 bridgehead atoms. The van der Waals surface area contributed by atoms with E-state index < -0.39 is 0 Å². The molecular formula is C20H24N6O. The minimum atomic E-state index is -0.114. The topological polar surface area (TPSA) is 77.6 Å². The van der Waals surface area contributed by atoms with Crippen molar-refractivity contribution in [3.8, 4) is 0 Å². The predicted octanol–water partition coefficient (Wildman–Crippen LogP) is 3.72. The number of rotatable bonds is 4. The molecule has 2 saturated carbocycles. The zero-order valence-electron chi connectivity index (χ0n) is 15.8. The second-order valence-corrected chi connectivity index (χ2v) is 7.88. The average Bonchev–Trinajstić information content (AvgIpc) is 3.05. The maximum absolute atomic E-state index is 13.2. The van der Waals surface area contributed by atoms with Crippen LogP contribution in [0.25, 0.3) is 11.0 Å². The molecule has 0 spiro atoms. The van der Waals surface area contributed by atoms with E-state index in [0.29, 0.717) is 17.5 Å². The largest absolute Gasteiger partial charge is 0.307 e. The zero-order chi connectivity index (χ0) is 18.5. The molecule has 5 rings (SSSR count). The van der Waals surface area contributed by atoms with Gasteiger partial charge in [0, 0.05) is 24.7 Å². The van der Waals surface area contributed by atoms with Crippen LogP contribution in [0.1, 0.15) is 72.2 Å². The van der Waals surface area contributed by atoms with Gasteiger partial charge in [-0.3, -0.25) is 9.48 Å². The van der Waals surface area contributed by atoms with Crippen molar-refractivity contribution in [1.82, 2.24) is 24.5 Å². The van der Waals surface area contributed by atoms with Crippen molar-refractivity contribution in [2.75, 3.05) is 5.32 Å². The van der Waals surface area contributed by atoms with Gasteiger partial charge >= 0.3 is 0 Å². The van der Waals surface area contributed by atoms with Crippen LogP contribution in [0.15, 0.2) is 18.3 Å². The van der Waals surface area contributed by atoms with Crippen molar-refractivity contribution in [2.45, 2.75) is 57.4 Å². The molecule has 0 unspecified atom stereocenters. The predicted molar refractivity (Wildman–Crippen MR) is 103 cm³/mol. The van der Waals surface area contributed by atoms with E-state index >= 15 is 0 Å². The van der Waals surface area contributed by atoms with E-state index in [2.05, 4.69) is 15.5 Å². The molecule has 0 atom stereocenters. The normalized spacial score (nSPS) is 17.7. The Morgan fingerprint density at radius 2 is 1.96 bits per heavy atom. The number of pyridine rings is 1. The first-order valence-corrected chi connectivity index (χ1v) is 9.80. The summed E-state index contributed by atoms with van der Waals surface area (Å²) >= 11 is 0. The Labute approximate surface area is 157 Å². The van der Waals surface area contributed by atoms with E-state index in [1.54, 1.807) is 10.9 Å². The first-order valence-electron chi connectivity index (χ1n) is 9.80. The van der Waals surface area contributed by atoms with Crippen molar-refractivity contribution in [3.05, 3.63) is 35.3 Å². The zero-order valence-corrected chi connectivity index (χ0v) is 15.8. The summed E-state index contributed by atoms with van der Waals surface area (Å²) in [5.41, 5.74) is 3.34. The summed E-state index contributed by atoms with van der Waals surface area (Å²) in [7, 11) is 1.87. The number of hydrogen-bond acceptors (Lipinski definition) is 4. The van der Waals surface area contributed by atoms with Crippen molar-refractivity contribution in [3.63, 3.8) is 0 Å². The van der Waals surface area contributed by atoms with Gasteiger partial charge in [0.25, 0.3) is 5.91 Å². The quantitative estimate of drug-likeness (QED) is 0.765. The van der Waals surface area contributed by atoms with Crippen LogP contribution in [0, 0.1) is 6.92 Å². The molecule has 1 amide bonds. The highest BCUT2D eigenvalue weighted by molar-refractivity contribution is 6.11. The van der Waals surface area contributed by atoms with Gasteiger partial charge in [-0.2, -0.15) is 10.2 Å². The lowest BCUT2D eigenvalue weighted by molar-refractivity contribution is 0.102. The molecule has 7 heteroatoms. The number of aromatic nitrogens is 5. The monoisotopic (exact) mass is 364 g/mol. The minimum Gasteiger partial charge on any atom is -0.307 e. The molecule has 1 N–H and O–H groups in total. The summed E-state index contributed by atoms with van der Waals surface area (Å²) in [6, 6.07) is 4.28. The van der Waals surface area contributed by atoms with Gasteiger partial charge < -0.3 is 5.32 Å². The maximum Gasteiger partial charge on any atom is 0.257 e. The number of nitrogens with one attached hydrogen (secondary N) is 1. The molecule has 3 aromatic rings. The lowest BCUT2D eigenvalue weighted by Crippen LogP contribution is -2.18. The molecule has 2 fully saturated rings. The van der Waals surface area contributed by atoms with Gasteiger partial charge in [0.2, 0.25) is 0 Å². The minimum absolute atomic E-state index is 0.114. The maximum atomic E-state index is 13.2. The van der Waals surface area contributed by atoms with Crippen LogP contribution >= 0.6 is 0 Å². The number of carbonyl (C=O) groups is 1. The second-order valence-electron chi connectivity index (χ2n) is 7.88. The molecule has 3 heterocycles. The fraction of sp³-hybridized carbons (Fsp3) is 0.500. The van der Waals surface area contributed by atoms with Crippen LogP contribution in [-0.2, 0) is 7.05 Å². The van der Waals surface area contributed by atoms with Crippen LogP contribution in [0.3, 0.4) is 0 Å². The number of fused-ring (bicyclic) bond motifs is 1. The summed E-state index contributed by atoms with van der Waals surface area (Å²) in [5.74, 6) is 1.14. The summed E-state index contributed by atoms with van der Waals surface area (Å²) < 4.78 is 3.74. The molecular weight excluding hydrogens is 340 g/mol. The van der Waals surface area contributed by atoms with E-state index in [1.165, 1.54) is 12.8 Å². The molecule has 0 saturated heterocycles. The van der Waals surface area contributed by atoms with Gasteiger partial charge in [0.05, 0.1) is 28.9 Å². The summed E-state index contributed by atoms with van der Waals surface area (Å²) in [6.07, 6.45) is 8.71. The van der Waals surface area contributed by atoms with Gasteiger partial charge in [-0.25, -0.2) is 9.67 Å². The Hall–Kier alpha value is -2.70. The highest BCUT2D eigenvalue weighted by Crippen LogP contribution is 2.40. The van der Waals surface area contributed by atoms with E-state index in [9.17, 15) is 4.79 Å². The van der Waals surface area contributed by atoms with Crippen LogP contribution in [-0.4, -0.2) is 30.5 Å². The van der Waals surface area contributed by atoms with Crippen LogP contribution in [0.5, 0.6) is 0 Å². The molecule has 27 heavy (non-hydrogen) atoms.